The monoisotopic (exact) mass is 283 g/mol. The van der Waals surface area contributed by atoms with Crippen molar-refractivity contribution in [3.05, 3.63) is 22.7 Å². The van der Waals surface area contributed by atoms with Crippen LogP contribution in [-0.2, 0) is 0 Å². The van der Waals surface area contributed by atoms with Gasteiger partial charge in [-0.1, -0.05) is 15.9 Å². The molecule has 0 unspecified atom stereocenters. The number of ether oxygens (including phenoxy) is 1. The molecule has 0 heterocycles. The second-order valence-electron chi connectivity index (χ2n) is 2.81. The molecule has 0 atom stereocenters. The normalized spacial score (nSPS) is 11.3. The van der Waals surface area contributed by atoms with Gasteiger partial charge in [-0.25, -0.2) is 0 Å². The van der Waals surface area contributed by atoms with Crippen LogP contribution >= 0.6 is 15.9 Å². The molecule has 6 heteroatoms. The Morgan fingerprint density at radius 3 is 2.60 bits per heavy atom. The van der Waals surface area contributed by atoms with E-state index >= 15 is 0 Å². The van der Waals surface area contributed by atoms with Crippen molar-refractivity contribution in [2.75, 3.05) is 19.0 Å². The number of rotatable bonds is 3. The van der Waals surface area contributed by atoms with Crippen LogP contribution in [0.1, 0.15) is 0 Å². The van der Waals surface area contributed by atoms with Gasteiger partial charge in [-0.3, -0.25) is 0 Å². The molecular formula is C9H9BrF3NO. The molecule has 2 nitrogen and oxygen atoms in total. The van der Waals surface area contributed by atoms with Gasteiger partial charge in [-0.15, -0.1) is 0 Å². The first-order valence-corrected chi connectivity index (χ1v) is 4.86. The van der Waals surface area contributed by atoms with Crippen molar-refractivity contribution in [2.24, 2.45) is 0 Å². The number of hydrogen-bond acceptors (Lipinski definition) is 2. The van der Waals surface area contributed by atoms with Crippen LogP contribution in [0.2, 0.25) is 0 Å². The number of hydrogen-bond donors (Lipinski definition) is 1. The lowest BCUT2D eigenvalue weighted by Crippen LogP contribution is -2.21. The van der Waals surface area contributed by atoms with Crippen molar-refractivity contribution >= 4 is 21.6 Å². The SMILES string of the molecule is COc1ccc(Br)cc1NCC(F)(F)F. The smallest absolute Gasteiger partial charge is 0.405 e. The first-order chi connectivity index (χ1) is 6.92. The molecule has 1 aromatic rings. The van der Waals surface area contributed by atoms with Crippen molar-refractivity contribution in [1.82, 2.24) is 0 Å². The molecule has 1 N–H and O–H groups in total. The molecule has 84 valence electrons. The van der Waals surface area contributed by atoms with Gasteiger partial charge >= 0.3 is 6.18 Å². The highest BCUT2D eigenvalue weighted by Gasteiger charge is 2.27. The molecular weight excluding hydrogens is 275 g/mol. The first-order valence-electron chi connectivity index (χ1n) is 4.06. The molecule has 1 rings (SSSR count). The van der Waals surface area contributed by atoms with Crippen LogP contribution in [0.15, 0.2) is 22.7 Å². The van der Waals surface area contributed by atoms with Gasteiger partial charge in [0.15, 0.2) is 0 Å². The molecule has 0 aliphatic rings. The summed E-state index contributed by atoms with van der Waals surface area (Å²) in [6.45, 7) is -1.08. The van der Waals surface area contributed by atoms with Gasteiger partial charge in [0.25, 0.3) is 0 Å². The Morgan fingerprint density at radius 2 is 2.07 bits per heavy atom. The second-order valence-corrected chi connectivity index (χ2v) is 3.73. The first kappa shape index (κ1) is 12.2. The van der Waals surface area contributed by atoms with E-state index in [0.29, 0.717) is 15.9 Å². The Hall–Kier alpha value is -0.910. The highest BCUT2D eigenvalue weighted by molar-refractivity contribution is 9.10. The summed E-state index contributed by atoms with van der Waals surface area (Å²) in [7, 11) is 1.40. The third-order valence-corrected chi connectivity index (χ3v) is 2.13. The van der Waals surface area contributed by atoms with Crippen LogP contribution in [0, 0.1) is 0 Å². The number of methoxy groups -OCH3 is 1. The van der Waals surface area contributed by atoms with Gasteiger partial charge in [0, 0.05) is 4.47 Å². The maximum atomic E-state index is 12.0. The van der Waals surface area contributed by atoms with Crippen LogP contribution < -0.4 is 10.1 Å². The number of halogens is 4. The van der Waals surface area contributed by atoms with E-state index in [1.807, 2.05) is 0 Å². The van der Waals surface area contributed by atoms with Gasteiger partial charge in [0.2, 0.25) is 0 Å². The van der Waals surface area contributed by atoms with E-state index in [1.54, 1.807) is 12.1 Å². The van der Waals surface area contributed by atoms with Gasteiger partial charge in [-0.05, 0) is 18.2 Å². The lowest BCUT2D eigenvalue weighted by molar-refractivity contribution is -0.115. The molecule has 0 amide bonds. The van der Waals surface area contributed by atoms with E-state index in [0.717, 1.165) is 0 Å². The third kappa shape index (κ3) is 3.99. The minimum absolute atomic E-state index is 0.309. The zero-order valence-corrected chi connectivity index (χ0v) is 9.45. The fourth-order valence-corrected chi connectivity index (χ4v) is 1.37. The van der Waals surface area contributed by atoms with Crippen molar-refractivity contribution < 1.29 is 17.9 Å². The maximum absolute atomic E-state index is 12.0. The van der Waals surface area contributed by atoms with Crippen molar-refractivity contribution in [3.8, 4) is 5.75 Å². The van der Waals surface area contributed by atoms with Gasteiger partial charge < -0.3 is 10.1 Å². The van der Waals surface area contributed by atoms with Gasteiger partial charge in [0.05, 0.1) is 12.8 Å². The molecule has 0 aliphatic carbocycles. The van der Waals surface area contributed by atoms with Crippen molar-refractivity contribution in [2.45, 2.75) is 6.18 Å². The van der Waals surface area contributed by atoms with Crippen LogP contribution in [0.3, 0.4) is 0 Å². The van der Waals surface area contributed by atoms with E-state index < -0.39 is 12.7 Å². The summed E-state index contributed by atoms with van der Waals surface area (Å²) < 4.78 is 41.5. The Kier molecular flexibility index (Phi) is 3.84. The number of nitrogens with one attached hydrogen (secondary N) is 1. The standard InChI is InChI=1S/C9H9BrF3NO/c1-15-8-3-2-6(10)4-7(8)14-5-9(11,12)13/h2-4,14H,5H2,1H3. The van der Waals surface area contributed by atoms with Crippen molar-refractivity contribution in [1.29, 1.82) is 0 Å². The molecule has 0 fully saturated rings. The largest absolute Gasteiger partial charge is 0.495 e. The molecule has 0 saturated heterocycles. The second kappa shape index (κ2) is 4.74. The number of alkyl halides is 3. The molecule has 0 bridgehead atoms. The Bertz CT molecular complexity index is 341. The summed E-state index contributed by atoms with van der Waals surface area (Å²) in [5.41, 5.74) is 0.309. The maximum Gasteiger partial charge on any atom is 0.405 e. The lowest BCUT2D eigenvalue weighted by atomic mass is 10.3. The van der Waals surface area contributed by atoms with Gasteiger partial charge in [-0.2, -0.15) is 13.2 Å². The fourth-order valence-electron chi connectivity index (χ4n) is 1.01. The van der Waals surface area contributed by atoms with Crippen LogP contribution in [0.25, 0.3) is 0 Å². The van der Waals surface area contributed by atoms with E-state index in [2.05, 4.69) is 21.2 Å². The molecule has 0 saturated carbocycles. The summed E-state index contributed by atoms with van der Waals surface area (Å²) in [6, 6.07) is 4.81. The predicted octanol–water partition coefficient (Wildman–Crippen LogP) is 3.43. The summed E-state index contributed by atoms with van der Waals surface area (Å²) in [6.07, 6.45) is -4.24. The minimum atomic E-state index is -4.24. The molecule has 0 aromatic heterocycles. The molecule has 0 spiro atoms. The van der Waals surface area contributed by atoms with Crippen LogP contribution in [-0.4, -0.2) is 19.8 Å². The predicted molar refractivity (Wildman–Crippen MR) is 55.2 cm³/mol. The van der Waals surface area contributed by atoms with Crippen molar-refractivity contribution in [3.63, 3.8) is 0 Å². The quantitative estimate of drug-likeness (QED) is 0.918. The van der Waals surface area contributed by atoms with E-state index in [-0.39, 0.29) is 0 Å². The van der Waals surface area contributed by atoms with E-state index in [9.17, 15) is 13.2 Å². The molecule has 1 aromatic carbocycles. The zero-order chi connectivity index (χ0) is 11.5. The summed E-state index contributed by atoms with van der Waals surface area (Å²) >= 11 is 3.17. The average molecular weight is 284 g/mol. The average Bonchev–Trinajstić information content (AvgIpc) is 2.14. The zero-order valence-electron chi connectivity index (χ0n) is 7.86. The minimum Gasteiger partial charge on any atom is -0.495 e. The highest BCUT2D eigenvalue weighted by Crippen LogP contribution is 2.28. The topological polar surface area (TPSA) is 21.3 Å². The fraction of sp³-hybridized carbons (Fsp3) is 0.333. The Labute approximate surface area is 93.6 Å². The Balaban J connectivity index is 2.79. The van der Waals surface area contributed by atoms with Gasteiger partial charge in [0.1, 0.15) is 12.3 Å². The van der Waals surface area contributed by atoms with E-state index in [4.69, 9.17) is 4.74 Å². The molecule has 0 aliphatic heterocycles. The van der Waals surface area contributed by atoms with E-state index in [1.165, 1.54) is 13.2 Å². The summed E-state index contributed by atoms with van der Waals surface area (Å²) in [5.74, 6) is 0.377. The Morgan fingerprint density at radius 1 is 1.40 bits per heavy atom. The molecule has 15 heavy (non-hydrogen) atoms. The van der Waals surface area contributed by atoms with Crippen LogP contribution in [0.5, 0.6) is 5.75 Å². The lowest BCUT2D eigenvalue weighted by Gasteiger charge is -2.13. The highest BCUT2D eigenvalue weighted by atomic mass is 79.9. The summed E-state index contributed by atoms with van der Waals surface area (Å²) in [4.78, 5) is 0. The van der Waals surface area contributed by atoms with Crippen LogP contribution in [0.4, 0.5) is 18.9 Å². The third-order valence-electron chi connectivity index (χ3n) is 1.64. The number of anilines is 1. The summed E-state index contributed by atoms with van der Waals surface area (Å²) in [5, 5.41) is 2.26. The molecule has 0 radical (unpaired) electrons. The number of benzene rings is 1.